The van der Waals surface area contributed by atoms with E-state index in [0.29, 0.717) is 23.4 Å². The summed E-state index contributed by atoms with van der Waals surface area (Å²) in [4.78, 5) is 16.6. The van der Waals surface area contributed by atoms with Crippen molar-refractivity contribution in [1.29, 1.82) is 0 Å². The van der Waals surface area contributed by atoms with E-state index in [1.807, 2.05) is 0 Å². The molecule has 0 unspecified atom stereocenters. The smallest absolute Gasteiger partial charge is 0.261 e. The number of rotatable bonds is 3. The number of thiophene rings is 1. The number of carbonyl (C=O) groups excluding carboxylic acids is 1. The third kappa shape index (κ3) is 2.69. The molecule has 3 saturated heterocycles. The van der Waals surface area contributed by atoms with Gasteiger partial charge in [-0.05, 0) is 67.6 Å². The van der Waals surface area contributed by atoms with E-state index in [9.17, 15) is 4.79 Å². The normalized spacial score (nSPS) is 28.3. The highest BCUT2D eigenvalue weighted by molar-refractivity contribution is 7.21. The Balaban J connectivity index is 0.00000168. The topological polar surface area (TPSA) is 32.3 Å². The third-order valence-corrected chi connectivity index (χ3v) is 7.89. The predicted octanol–water partition coefficient (Wildman–Crippen LogP) is 4.80. The van der Waals surface area contributed by atoms with Crippen molar-refractivity contribution in [2.75, 3.05) is 13.1 Å². The van der Waals surface area contributed by atoms with Crippen LogP contribution < -0.4 is 5.32 Å². The van der Waals surface area contributed by atoms with Crippen molar-refractivity contribution in [3.8, 4) is 0 Å². The van der Waals surface area contributed by atoms with Gasteiger partial charge in [-0.2, -0.15) is 0 Å². The highest BCUT2D eigenvalue weighted by Gasteiger charge is 2.60. The molecule has 1 atom stereocenters. The summed E-state index contributed by atoms with van der Waals surface area (Å²) in [5.41, 5.74) is 1.65. The van der Waals surface area contributed by atoms with Gasteiger partial charge in [-0.15, -0.1) is 23.7 Å². The predicted molar refractivity (Wildman–Crippen MR) is 111 cm³/mol. The molecule has 140 valence electrons. The summed E-state index contributed by atoms with van der Waals surface area (Å²) in [7, 11) is 0. The molecule has 1 spiro atoms. The quantitative estimate of drug-likeness (QED) is 0.816. The van der Waals surface area contributed by atoms with Crippen molar-refractivity contribution in [1.82, 2.24) is 10.2 Å². The van der Waals surface area contributed by atoms with Crippen molar-refractivity contribution in [3.63, 3.8) is 0 Å². The maximum Gasteiger partial charge on any atom is 0.261 e. The molecule has 6 rings (SSSR count). The van der Waals surface area contributed by atoms with E-state index in [2.05, 4.69) is 48.3 Å². The van der Waals surface area contributed by atoms with Crippen molar-refractivity contribution >= 4 is 39.7 Å². The molecule has 1 saturated carbocycles. The van der Waals surface area contributed by atoms with Gasteiger partial charge in [-0.1, -0.05) is 32.0 Å². The first-order chi connectivity index (χ1) is 12.1. The fraction of sp³-hybridized carbons (Fsp3) is 0.571. The summed E-state index contributed by atoms with van der Waals surface area (Å²) in [6.45, 7) is 6.91. The van der Waals surface area contributed by atoms with E-state index >= 15 is 0 Å². The molecule has 2 bridgehead atoms. The summed E-state index contributed by atoms with van der Waals surface area (Å²) in [5.74, 6) is 1.30. The Hall–Kier alpha value is -1.10. The van der Waals surface area contributed by atoms with Crippen LogP contribution in [0.25, 0.3) is 10.1 Å². The first kappa shape index (κ1) is 18.3. The summed E-state index contributed by atoms with van der Waals surface area (Å²) in [6.07, 6.45) is 5.02. The van der Waals surface area contributed by atoms with Crippen LogP contribution in [0, 0.1) is 5.92 Å². The molecule has 2 aromatic rings. The summed E-state index contributed by atoms with van der Waals surface area (Å²) in [5, 5.41) is 4.66. The van der Waals surface area contributed by atoms with Crippen LogP contribution in [-0.4, -0.2) is 35.5 Å². The van der Waals surface area contributed by atoms with Crippen LogP contribution >= 0.6 is 23.7 Å². The largest absolute Gasteiger partial charge is 0.346 e. The van der Waals surface area contributed by atoms with E-state index in [-0.39, 0.29) is 18.3 Å². The standard InChI is InChI=1S/C21H26N2OS.ClH/c1-13(2)16-5-3-4-15-12-17(25-18(15)16)20(24)22-19-14-6-10-23(11-7-14)21(19)8-9-21;/h3-5,12-14,19H,6-11H2,1-2H3,(H,22,24);1H/t19-;/m1./s1. The number of piperidine rings is 3. The average molecular weight is 391 g/mol. The number of amides is 1. The van der Waals surface area contributed by atoms with Gasteiger partial charge in [0.15, 0.2) is 0 Å². The van der Waals surface area contributed by atoms with Crippen LogP contribution in [0.15, 0.2) is 24.3 Å². The number of hydrogen-bond donors (Lipinski definition) is 1. The van der Waals surface area contributed by atoms with Gasteiger partial charge >= 0.3 is 0 Å². The zero-order valence-electron chi connectivity index (χ0n) is 15.5. The second kappa shape index (κ2) is 6.50. The van der Waals surface area contributed by atoms with Crippen molar-refractivity contribution in [2.45, 2.75) is 57.0 Å². The second-order valence-electron chi connectivity index (χ2n) is 8.41. The summed E-state index contributed by atoms with van der Waals surface area (Å²) in [6, 6.07) is 8.88. The van der Waals surface area contributed by atoms with Gasteiger partial charge in [-0.25, -0.2) is 0 Å². The van der Waals surface area contributed by atoms with Gasteiger partial charge in [0, 0.05) is 10.2 Å². The van der Waals surface area contributed by atoms with Crippen LogP contribution in [0.4, 0.5) is 0 Å². The van der Waals surface area contributed by atoms with E-state index in [1.54, 1.807) is 11.3 Å². The second-order valence-corrected chi connectivity index (χ2v) is 9.46. The van der Waals surface area contributed by atoms with Crippen molar-refractivity contribution in [2.24, 2.45) is 5.92 Å². The molecule has 1 aromatic carbocycles. The Labute approximate surface area is 165 Å². The molecule has 4 fully saturated rings. The molecular formula is C21H27ClN2OS. The maximum atomic E-state index is 13.0. The number of fused-ring (bicyclic) bond motifs is 3. The van der Waals surface area contributed by atoms with Gasteiger partial charge in [0.25, 0.3) is 5.91 Å². The molecule has 4 heterocycles. The highest BCUT2D eigenvalue weighted by Crippen LogP contribution is 2.53. The Bertz CT molecular complexity index is 834. The van der Waals surface area contributed by atoms with E-state index < -0.39 is 0 Å². The lowest BCUT2D eigenvalue weighted by atomic mass is 9.77. The van der Waals surface area contributed by atoms with Crippen molar-refractivity contribution in [3.05, 3.63) is 34.7 Å². The molecule has 1 aliphatic carbocycles. The first-order valence-electron chi connectivity index (χ1n) is 9.67. The van der Waals surface area contributed by atoms with Gasteiger partial charge in [0.2, 0.25) is 0 Å². The van der Waals surface area contributed by atoms with Crippen molar-refractivity contribution < 1.29 is 4.79 Å². The summed E-state index contributed by atoms with van der Waals surface area (Å²) < 4.78 is 1.28. The molecule has 3 nitrogen and oxygen atoms in total. The lowest BCUT2D eigenvalue weighted by Crippen LogP contribution is -2.65. The van der Waals surface area contributed by atoms with Crippen LogP contribution in [0.3, 0.4) is 0 Å². The number of nitrogens with one attached hydrogen (secondary N) is 1. The molecule has 3 aliphatic heterocycles. The molecule has 26 heavy (non-hydrogen) atoms. The molecule has 1 amide bonds. The number of carbonyl (C=O) groups is 1. The van der Waals surface area contributed by atoms with Crippen LogP contribution in [-0.2, 0) is 0 Å². The molecule has 1 N–H and O–H groups in total. The number of benzene rings is 1. The van der Waals surface area contributed by atoms with Crippen LogP contribution in [0.1, 0.15) is 60.7 Å². The van der Waals surface area contributed by atoms with E-state index in [1.165, 1.54) is 54.4 Å². The number of halogens is 1. The van der Waals surface area contributed by atoms with Crippen LogP contribution in [0.5, 0.6) is 0 Å². The van der Waals surface area contributed by atoms with E-state index in [4.69, 9.17) is 0 Å². The minimum Gasteiger partial charge on any atom is -0.346 e. The van der Waals surface area contributed by atoms with Crippen LogP contribution in [0.2, 0.25) is 0 Å². The molecular weight excluding hydrogens is 364 g/mol. The fourth-order valence-corrected chi connectivity index (χ4v) is 6.41. The molecule has 1 aromatic heterocycles. The monoisotopic (exact) mass is 390 g/mol. The average Bonchev–Trinajstić information content (AvgIpc) is 3.26. The van der Waals surface area contributed by atoms with Gasteiger partial charge < -0.3 is 5.32 Å². The van der Waals surface area contributed by atoms with Gasteiger partial charge in [0.1, 0.15) is 0 Å². The lowest BCUT2D eigenvalue weighted by Gasteiger charge is -2.52. The number of nitrogens with zero attached hydrogens (tertiary/aromatic N) is 1. The highest BCUT2D eigenvalue weighted by atomic mass is 35.5. The SMILES string of the molecule is CC(C)c1cccc2cc(C(=O)N[C@@H]3C4CCN(CC4)C34CC4)sc12.Cl. The maximum absolute atomic E-state index is 13.0. The Kier molecular flexibility index (Phi) is 4.57. The van der Waals surface area contributed by atoms with Gasteiger partial charge in [-0.3, -0.25) is 9.69 Å². The first-order valence-corrected chi connectivity index (χ1v) is 10.5. The number of hydrogen-bond acceptors (Lipinski definition) is 3. The molecule has 0 radical (unpaired) electrons. The van der Waals surface area contributed by atoms with Gasteiger partial charge in [0.05, 0.1) is 10.9 Å². The zero-order chi connectivity index (χ0) is 17.2. The lowest BCUT2D eigenvalue weighted by molar-refractivity contribution is -0.00138. The van der Waals surface area contributed by atoms with E-state index in [0.717, 1.165) is 4.88 Å². The zero-order valence-corrected chi connectivity index (χ0v) is 17.1. The molecule has 5 heteroatoms. The molecule has 4 aliphatic rings. The Morgan fingerprint density at radius 2 is 2.00 bits per heavy atom. The minimum atomic E-state index is 0. The Morgan fingerprint density at radius 3 is 2.65 bits per heavy atom. The summed E-state index contributed by atoms with van der Waals surface area (Å²) >= 11 is 1.66. The third-order valence-electron chi connectivity index (χ3n) is 6.69. The fourth-order valence-electron chi connectivity index (χ4n) is 5.19. The Morgan fingerprint density at radius 1 is 1.27 bits per heavy atom. The minimum absolute atomic E-state index is 0.